The molecule has 0 spiro atoms. The average Bonchev–Trinajstić information content (AvgIpc) is 2.96. The summed E-state index contributed by atoms with van der Waals surface area (Å²) < 4.78 is 1.80. The molecule has 1 atom stereocenters. The van der Waals surface area contributed by atoms with Crippen molar-refractivity contribution in [3.05, 3.63) is 47.6 Å². The van der Waals surface area contributed by atoms with Crippen molar-refractivity contribution in [2.75, 3.05) is 18.4 Å². The van der Waals surface area contributed by atoms with Gasteiger partial charge in [-0.15, -0.1) is 0 Å². The molecule has 0 saturated carbocycles. The first-order chi connectivity index (χ1) is 8.78. The predicted octanol–water partition coefficient (Wildman–Crippen LogP) is 2.52. The summed E-state index contributed by atoms with van der Waals surface area (Å²) >= 11 is 0. The van der Waals surface area contributed by atoms with Crippen LogP contribution >= 0.6 is 0 Å². The minimum Gasteiger partial charge on any atom is -0.384 e. The van der Waals surface area contributed by atoms with Crippen molar-refractivity contribution >= 4 is 5.69 Å². The maximum Gasteiger partial charge on any atom is 0.223 e. The number of nitrogens with one attached hydrogen (secondary N) is 1. The first-order valence-electron chi connectivity index (χ1n) is 5.98. The van der Waals surface area contributed by atoms with Gasteiger partial charge in [-0.1, -0.05) is 6.07 Å². The number of aromatic nitrogens is 2. The Labute approximate surface area is 106 Å². The maximum atomic E-state index is 7.01. The third kappa shape index (κ3) is 1.74. The Bertz CT molecular complexity index is 621. The van der Waals surface area contributed by atoms with Gasteiger partial charge in [-0.05, 0) is 23.3 Å². The van der Waals surface area contributed by atoms with E-state index in [4.69, 9.17) is 6.57 Å². The second kappa shape index (κ2) is 4.19. The van der Waals surface area contributed by atoms with E-state index in [1.807, 2.05) is 19.4 Å². The van der Waals surface area contributed by atoms with Crippen molar-refractivity contribution in [2.45, 2.75) is 5.92 Å². The van der Waals surface area contributed by atoms with E-state index in [0.717, 1.165) is 17.8 Å². The molecule has 18 heavy (non-hydrogen) atoms. The Morgan fingerprint density at radius 1 is 1.50 bits per heavy atom. The fraction of sp³-hybridized carbons (Fsp3) is 0.286. The normalized spacial score (nSPS) is 17.0. The van der Waals surface area contributed by atoms with Gasteiger partial charge >= 0.3 is 0 Å². The lowest BCUT2D eigenvalue weighted by atomic mass is 9.97. The second-order valence-electron chi connectivity index (χ2n) is 4.62. The first kappa shape index (κ1) is 10.8. The molecule has 1 aromatic heterocycles. The molecule has 1 aliphatic heterocycles. The molecule has 0 fully saturated rings. The zero-order chi connectivity index (χ0) is 12.5. The van der Waals surface area contributed by atoms with Crippen LogP contribution in [0.25, 0.3) is 16.0 Å². The van der Waals surface area contributed by atoms with Gasteiger partial charge in [0.15, 0.2) is 0 Å². The fourth-order valence-electron chi connectivity index (χ4n) is 2.43. The van der Waals surface area contributed by atoms with Gasteiger partial charge in [-0.2, -0.15) is 5.10 Å². The van der Waals surface area contributed by atoms with Gasteiger partial charge in [0.25, 0.3) is 0 Å². The molecule has 0 amide bonds. The van der Waals surface area contributed by atoms with Gasteiger partial charge in [-0.25, -0.2) is 6.57 Å². The number of fused-ring (bicyclic) bond motifs is 1. The summed E-state index contributed by atoms with van der Waals surface area (Å²) in [6.45, 7) is 8.44. The number of hydrogen-bond donors (Lipinski definition) is 1. The Kier molecular flexibility index (Phi) is 2.52. The number of hydrogen-bond acceptors (Lipinski definition) is 2. The molecular weight excluding hydrogens is 224 g/mol. The highest BCUT2D eigenvalue weighted by Gasteiger charge is 2.24. The first-order valence-corrected chi connectivity index (χ1v) is 5.98. The standard InChI is InChI=1S/C14H14N4/c1-15-6-11-7-16-14-4-3-10(5-13(11)14)12-8-17-18(2)9-12/h3-5,8-9,11,16H,6-7H2,2H3. The van der Waals surface area contributed by atoms with Crippen molar-refractivity contribution in [3.8, 4) is 11.1 Å². The lowest BCUT2D eigenvalue weighted by molar-refractivity contribution is 0.768. The summed E-state index contributed by atoms with van der Waals surface area (Å²) in [7, 11) is 1.92. The number of benzene rings is 1. The molecule has 0 radical (unpaired) electrons. The zero-order valence-electron chi connectivity index (χ0n) is 10.2. The zero-order valence-corrected chi connectivity index (χ0v) is 10.2. The molecule has 1 aliphatic rings. The molecule has 0 saturated heterocycles. The number of nitrogens with zero attached hydrogens (tertiary/aromatic N) is 3. The molecule has 1 unspecified atom stereocenters. The molecule has 0 bridgehead atoms. The SMILES string of the molecule is [C-]#[N+]CC1CNc2ccc(-c3cnn(C)c3)cc21. The highest BCUT2D eigenvalue weighted by molar-refractivity contribution is 5.70. The lowest BCUT2D eigenvalue weighted by Crippen LogP contribution is -2.03. The fourth-order valence-corrected chi connectivity index (χ4v) is 2.43. The summed E-state index contributed by atoms with van der Waals surface area (Å²) in [5, 5.41) is 7.55. The van der Waals surface area contributed by atoms with Gasteiger partial charge in [0.1, 0.15) is 0 Å². The molecule has 1 N–H and O–H groups in total. The van der Waals surface area contributed by atoms with Gasteiger partial charge in [-0.3, -0.25) is 4.68 Å². The van der Waals surface area contributed by atoms with E-state index in [0.29, 0.717) is 12.5 Å². The van der Waals surface area contributed by atoms with Gasteiger partial charge in [0.05, 0.1) is 12.1 Å². The van der Waals surface area contributed by atoms with Gasteiger partial charge in [0.2, 0.25) is 6.54 Å². The highest BCUT2D eigenvalue weighted by atomic mass is 15.2. The van der Waals surface area contributed by atoms with E-state index in [9.17, 15) is 0 Å². The van der Waals surface area contributed by atoms with E-state index >= 15 is 0 Å². The topological polar surface area (TPSA) is 34.2 Å². The van der Waals surface area contributed by atoms with Crippen LogP contribution < -0.4 is 5.32 Å². The molecule has 2 aromatic rings. The maximum absolute atomic E-state index is 7.01. The van der Waals surface area contributed by atoms with Crippen molar-refractivity contribution in [2.24, 2.45) is 7.05 Å². The van der Waals surface area contributed by atoms with Crippen molar-refractivity contribution in [3.63, 3.8) is 0 Å². The Balaban J connectivity index is 2.00. The van der Waals surface area contributed by atoms with Crippen molar-refractivity contribution in [1.29, 1.82) is 0 Å². The van der Waals surface area contributed by atoms with Crippen LogP contribution in [0.4, 0.5) is 5.69 Å². The van der Waals surface area contributed by atoms with E-state index in [1.165, 1.54) is 11.1 Å². The minimum absolute atomic E-state index is 0.314. The van der Waals surface area contributed by atoms with Crippen LogP contribution in [0, 0.1) is 6.57 Å². The Hall–Kier alpha value is -2.28. The van der Waals surface area contributed by atoms with Crippen LogP contribution in [-0.4, -0.2) is 22.9 Å². The Morgan fingerprint density at radius 3 is 3.11 bits per heavy atom. The van der Waals surface area contributed by atoms with Crippen LogP contribution in [0.2, 0.25) is 0 Å². The summed E-state index contributed by atoms with van der Waals surface area (Å²) in [5.41, 5.74) is 4.71. The number of rotatable bonds is 2. The summed E-state index contributed by atoms with van der Waals surface area (Å²) in [5.74, 6) is 0.314. The van der Waals surface area contributed by atoms with Crippen LogP contribution in [0.5, 0.6) is 0 Å². The van der Waals surface area contributed by atoms with Gasteiger partial charge < -0.3 is 10.2 Å². The van der Waals surface area contributed by atoms with Crippen molar-refractivity contribution in [1.82, 2.24) is 9.78 Å². The summed E-state index contributed by atoms with van der Waals surface area (Å²) in [4.78, 5) is 3.52. The smallest absolute Gasteiger partial charge is 0.223 e. The third-order valence-corrected chi connectivity index (χ3v) is 3.38. The van der Waals surface area contributed by atoms with E-state index in [-0.39, 0.29) is 0 Å². The van der Waals surface area contributed by atoms with Crippen LogP contribution in [0.1, 0.15) is 11.5 Å². The van der Waals surface area contributed by atoms with E-state index < -0.39 is 0 Å². The highest BCUT2D eigenvalue weighted by Crippen LogP contribution is 2.35. The number of anilines is 1. The molecule has 90 valence electrons. The molecule has 1 aromatic carbocycles. The van der Waals surface area contributed by atoms with Gasteiger partial charge in [0, 0.05) is 31.0 Å². The quantitative estimate of drug-likeness (QED) is 0.816. The summed E-state index contributed by atoms with van der Waals surface area (Å²) in [6.07, 6.45) is 3.88. The molecule has 4 heteroatoms. The molecular formula is C14H14N4. The number of aryl methyl sites for hydroxylation is 1. The second-order valence-corrected chi connectivity index (χ2v) is 4.62. The minimum atomic E-state index is 0.314. The molecule has 0 aliphatic carbocycles. The van der Waals surface area contributed by atoms with Crippen LogP contribution in [0.15, 0.2) is 30.6 Å². The summed E-state index contributed by atoms with van der Waals surface area (Å²) in [6, 6.07) is 6.38. The van der Waals surface area contributed by atoms with E-state index in [1.54, 1.807) is 4.68 Å². The molecule has 4 nitrogen and oxygen atoms in total. The molecule has 2 heterocycles. The van der Waals surface area contributed by atoms with E-state index in [2.05, 4.69) is 33.5 Å². The van der Waals surface area contributed by atoms with Crippen LogP contribution in [0.3, 0.4) is 0 Å². The predicted molar refractivity (Wildman–Crippen MR) is 71.3 cm³/mol. The van der Waals surface area contributed by atoms with Crippen LogP contribution in [-0.2, 0) is 7.05 Å². The monoisotopic (exact) mass is 238 g/mol. The Morgan fingerprint density at radius 2 is 2.39 bits per heavy atom. The third-order valence-electron chi connectivity index (χ3n) is 3.38. The molecule has 3 rings (SSSR count). The largest absolute Gasteiger partial charge is 0.384 e. The lowest BCUT2D eigenvalue weighted by Gasteiger charge is -2.05. The van der Waals surface area contributed by atoms with Crippen molar-refractivity contribution < 1.29 is 0 Å². The average molecular weight is 238 g/mol.